The van der Waals surface area contributed by atoms with Crippen molar-refractivity contribution >= 4 is 5.91 Å². The number of nitrogens with one attached hydrogen (secondary N) is 2. The molecule has 2 fully saturated rings. The molecular weight excluding hydrogens is 214 g/mol. The Balaban J connectivity index is 1.68. The molecule has 98 valence electrons. The molecule has 0 aromatic rings. The molecule has 4 heteroatoms. The van der Waals surface area contributed by atoms with Crippen LogP contribution in [0.25, 0.3) is 0 Å². The summed E-state index contributed by atoms with van der Waals surface area (Å²) in [6.07, 6.45) is 5.01. The van der Waals surface area contributed by atoms with Crippen LogP contribution in [0.2, 0.25) is 0 Å². The molecule has 2 N–H and O–H groups in total. The fraction of sp³-hybridized carbons (Fsp3) is 0.923. The first-order chi connectivity index (χ1) is 8.20. The van der Waals surface area contributed by atoms with Crippen LogP contribution in [0.15, 0.2) is 0 Å². The number of carbonyl (C=O) groups is 1. The van der Waals surface area contributed by atoms with Crippen molar-refractivity contribution < 1.29 is 4.79 Å². The van der Waals surface area contributed by atoms with Gasteiger partial charge in [-0.2, -0.15) is 0 Å². The van der Waals surface area contributed by atoms with Crippen molar-refractivity contribution in [2.24, 2.45) is 5.92 Å². The summed E-state index contributed by atoms with van der Waals surface area (Å²) in [5.41, 5.74) is 0. The summed E-state index contributed by atoms with van der Waals surface area (Å²) in [7, 11) is 1.89. The van der Waals surface area contributed by atoms with Crippen LogP contribution >= 0.6 is 0 Å². The Morgan fingerprint density at radius 3 is 2.47 bits per heavy atom. The van der Waals surface area contributed by atoms with Gasteiger partial charge in [0.25, 0.3) is 0 Å². The minimum absolute atomic E-state index is 0.0708. The van der Waals surface area contributed by atoms with Crippen LogP contribution in [0.4, 0.5) is 0 Å². The summed E-state index contributed by atoms with van der Waals surface area (Å²) in [5, 5.41) is 6.22. The van der Waals surface area contributed by atoms with Crippen molar-refractivity contribution in [3.8, 4) is 0 Å². The minimum atomic E-state index is 0.0708. The Kier molecular flexibility index (Phi) is 4.40. The molecule has 1 saturated heterocycles. The van der Waals surface area contributed by atoms with Gasteiger partial charge >= 0.3 is 0 Å². The molecule has 0 bridgehead atoms. The molecule has 0 aromatic carbocycles. The Morgan fingerprint density at radius 1 is 1.29 bits per heavy atom. The van der Waals surface area contributed by atoms with E-state index in [2.05, 4.69) is 15.5 Å². The quantitative estimate of drug-likeness (QED) is 0.738. The third kappa shape index (κ3) is 3.68. The van der Waals surface area contributed by atoms with Gasteiger partial charge in [-0.05, 0) is 32.7 Å². The summed E-state index contributed by atoms with van der Waals surface area (Å²) in [6, 6.07) is 1.27. The first kappa shape index (κ1) is 12.8. The fourth-order valence-electron chi connectivity index (χ4n) is 2.59. The molecule has 2 aliphatic rings. The molecule has 1 atom stereocenters. The molecule has 0 spiro atoms. The number of nitrogens with zero attached hydrogens (tertiary/aromatic N) is 1. The fourth-order valence-corrected chi connectivity index (χ4v) is 2.59. The molecule has 1 amide bonds. The predicted molar refractivity (Wildman–Crippen MR) is 68.9 cm³/mol. The predicted octanol–water partition coefficient (Wildman–Crippen LogP) is 0.585. The average Bonchev–Trinajstić information content (AvgIpc) is 3.14. The van der Waals surface area contributed by atoms with E-state index < -0.39 is 0 Å². The monoisotopic (exact) mass is 239 g/mol. The van der Waals surface area contributed by atoms with Gasteiger partial charge < -0.3 is 15.5 Å². The van der Waals surface area contributed by atoms with E-state index in [4.69, 9.17) is 0 Å². The average molecular weight is 239 g/mol. The summed E-state index contributed by atoms with van der Waals surface area (Å²) in [6.45, 7) is 5.06. The summed E-state index contributed by atoms with van der Waals surface area (Å²) >= 11 is 0. The van der Waals surface area contributed by atoms with Crippen LogP contribution in [-0.4, -0.2) is 49.6 Å². The zero-order chi connectivity index (χ0) is 12.3. The normalized spacial score (nSPS) is 24.6. The molecule has 17 heavy (non-hydrogen) atoms. The van der Waals surface area contributed by atoms with Crippen LogP contribution in [0.1, 0.15) is 32.6 Å². The zero-order valence-electron chi connectivity index (χ0n) is 11.0. The number of amides is 1. The van der Waals surface area contributed by atoms with Crippen molar-refractivity contribution in [1.29, 1.82) is 0 Å². The summed E-state index contributed by atoms with van der Waals surface area (Å²) in [4.78, 5) is 14.4. The van der Waals surface area contributed by atoms with Gasteiger partial charge in [0.15, 0.2) is 0 Å². The SMILES string of the molecule is CNCC(C)C(=O)NC1CCN(C2CC2)CC1. The van der Waals surface area contributed by atoms with Gasteiger partial charge in [-0.15, -0.1) is 0 Å². The van der Waals surface area contributed by atoms with Crippen molar-refractivity contribution in [2.45, 2.75) is 44.7 Å². The standard InChI is InChI=1S/C13H25N3O/c1-10(9-14-2)13(17)15-11-5-7-16(8-6-11)12-3-4-12/h10-12,14H,3-9H2,1-2H3,(H,15,17). The molecule has 0 aromatic heterocycles. The second-order valence-corrected chi connectivity index (χ2v) is 5.51. The lowest BCUT2D eigenvalue weighted by Crippen LogP contribution is -2.47. The van der Waals surface area contributed by atoms with Gasteiger partial charge in [0.1, 0.15) is 0 Å². The van der Waals surface area contributed by atoms with Gasteiger partial charge in [0.2, 0.25) is 5.91 Å². The second-order valence-electron chi connectivity index (χ2n) is 5.51. The van der Waals surface area contributed by atoms with Gasteiger partial charge in [0, 0.05) is 37.6 Å². The maximum atomic E-state index is 11.9. The van der Waals surface area contributed by atoms with Gasteiger partial charge in [-0.3, -0.25) is 4.79 Å². The second kappa shape index (κ2) is 5.83. The van der Waals surface area contributed by atoms with E-state index in [1.54, 1.807) is 0 Å². The first-order valence-corrected chi connectivity index (χ1v) is 6.89. The minimum Gasteiger partial charge on any atom is -0.353 e. The van der Waals surface area contributed by atoms with E-state index in [0.717, 1.165) is 38.5 Å². The van der Waals surface area contributed by atoms with Crippen molar-refractivity contribution in [3.05, 3.63) is 0 Å². The van der Waals surface area contributed by atoms with E-state index in [9.17, 15) is 4.79 Å². The van der Waals surface area contributed by atoms with E-state index >= 15 is 0 Å². The number of hydrogen-bond acceptors (Lipinski definition) is 3. The molecule has 1 unspecified atom stereocenters. The van der Waals surface area contributed by atoms with Crippen LogP contribution < -0.4 is 10.6 Å². The van der Waals surface area contributed by atoms with Crippen molar-refractivity contribution in [3.63, 3.8) is 0 Å². The highest BCUT2D eigenvalue weighted by Gasteiger charge is 2.32. The van der Waals surface area contributed by atoms with Crippen LogP contribution in [0, 0.1) is 5.92 Å². The first-order valence-electron chi connectivity index (χ1n) is 6.89. The van der Waals surface area contributed by atoms with Crippen molar-refractivity contribution in [1.82, 2.24) is 15.5 Å². The lowest BCUT2D eigenvalue weighted by molar-refractivity contribution is -0.125. The van der Waals surface area contributed by atoms with E-state index in [1.165, 1.54) is 12.8 Å². The van der Waals surface area contributed by atoms with Gasteiger partial charge in [-0.25, -0.2) is 0 Å². The number of carbonyl (C=O) groups excluding carboxylic acids is 1. The topological polar surface area (TPSA) is 44.4 Å². The number of piperidine rings is 1. The molecule has 1 aliphatic heterocycles. The van der Waals surface area contributed by atoms with Crippen LogP contribution in [0.5, 0.6) is 0 Å². The zero-order valence-corrected chi connectivity index (χ0v) is 11.0. The largest absolute Gasteiger partial charge is 0.353 e. The van der Waals surface area contributed by atoms with Gasteiger partial charge in [0.05, 0.1) is 0 Å². The third-order valence-electron chi connectivity index (χ3n) is 3.90. The van der Waals surface area contributed by atoms with E-state index in [1.807, 2.05) is 14.0 Å². The van der Waals surface area contributed by atoms with E-state index in [-0.39, 0.29) is 11.8 Å². The third-order valence-corrected chi connectivity index (χ3v) is 3.90. The maximum absolute atomic E-state index is 11.9. The van der Waals surface area contributed by atoms with Crippen molar-refractivity contribution in [2.75, 3.05) is 26.7 Å². The highest BCUT2D eigenvalue weighted by atomic mass is 16.1. The number of hydrogen-bond donors (Lipinski definition) is 2. The molecule has 4 nitrogen and oxygen atoms in total. The summed E-state index contributed by atoms with van der Waals surface area (Å²) < 4.78 is 0. The number of likely N-dealkylation sites (tertiary alicyclic amines) is 1. The lowest BCUT2D eigenvalue weighted by Gasteiger charge is -2.32. The van der Waals surface area contributed by atoms with Crippen LogP contribution in [-0.2, 0) is 4.79 Å². The highest BCUT2D eigenvalue weighted by molar-refractivity contribution is 5.78. The molecule has 0 radical (unpaired) electrons. The Hall–Kier alpha value is -0.610. The van der Waals surface area contributed by atoms with E-state index in [0.29, 0.717) is 6.04 Å². The Labute approximate surface area is 104 Å². The summed E-state index contributed by atoms with van der Waals surface area (Å²) in [5.74, 6) is 0.269. The molecule has 1 heterocycles. The molecule has 2 rings (SSSR count). The Bertz CT molecular complexity index is 257. The number of rotatable bonds is 5. The molecule has 1 aliphatic carbocycles. The Morgan fingerprint density at radius 2 is 1.94 bits per heavy atom. The lowest BCUT2D eigenvalue weighted by atomic mass is 10.0. The van der Waals surface area contributed by atoms with Crippen LogP contribution in [0.3, 0.4) is 0 Å². The molecule has 1 saturated carbocycles. The molecular formula is C13H25N3O. The maximum Gasteiger partial charge on any atom is 0.224 e. The van der Waals surface area contributed by atoms with Gasteiger partial charge in [-0.1, -0.05) is 6.92 Å². The smallest absolute Gasteiger partial charge is 0.224 e. The highest BCUT2D eigenvalue weighted by Crippen LogP contribution is 2.29.